The van der Waals surface area contributed by atoms with Gasteiger partial charge in [-0.25, -0.2) is 0 Å². The van der Waals surface area contributed by atoms with Gasteiger partial charge in [-0.05, 0) is 18.8 Å². The fourth-order valence-corrected chi connectivity index (χ4v) is 0.905. The van der Waals surface area contributed by atoms with Crippen LogP contribution in [0.4, 0.5) is 0 Å². The van der Waals surface area contributed by atoms with E-state index in [1.165, 1.54) is 5.57 Å². The van der Waals surface area contributed by atoms with Crippen molar-refractivity contribution in [3.63, 3.8) is 0 Å². The van der Waals surface area contributed by atoms with Gasteiger partial charge in [0.2, 0.25) is 0 Å². The minimum absolute atomic E-state index is 0.422. The van der Waals surface area contributed by atoms with E-state index < -0.39 is 8.25 Å². The van der Waals surface area contributed by atoms with Crippen LogP contribution in [-0.4, -0.2) is 9.79 Å². The lowest BCUT2D eigenvalue weighted by Gasteiger charge is -2.17. The Hall–Kier alpha value is -0.240. The van der Waals surface area contributed by atoms with Crippen molar-refractivity contribution < 1.29 is 14.4 Å². The van der Waals surface area contributed by atoms with Crippen molar-refractivity contribution in [3.8, 4) is 0 Å². The van der Waals surface area contributed by atoms with Crippen LogP contribution in [0, 0.1) is 5.41 Å². The third kappa shape index (κ3) is 33.1. The molecule has 0 rings (SSSR count). The molecule has 0 amide bonds. The Morgan fingerprint density at radius 1 is 1.42 bits per heavy atom. The molecule has 0 spiro atoms. The maximum Gasteiger partial charge on any atom is 0.692 e. The highest BCUT2D eigenvalue weighted by molar-refractivity contribution is 7.30. The average Bonchev–Trinajstić information content (AvgIpc) is 1.52. The Morgan fingerprint density at radius 2 is 1.67 bits per heavy atom. The standard InChI is InChI=1S/C8H16.HO3P/c1-7(2)6-8(3,4)5;1-4(2)3/h1,6H2,2-5H3;(H-,1,2,3)/p+1. The second-order valence-corrected chi connectivity index (χ2v) is 4.45. The lowest BCUT2D eigenvalue weighted by molar-refractivity contribution is 0.405. The summed E-state index contributed by atoms with van der Waals surface area (Å²) in [5.74, 6) is 0. The predicted molar refractivity (Wildman–Crippen MR) is 50.9 cm³/mol. The monoisotopic (exact) mass is 193 g/mol. The Labute approximate surface area is 75.1 Å². The van der Waals surface area contributed by atoms with Crippen molar-refractivity contribution in [2.75, 3.05) is 0 Å². The first-order valence-corrected chi connectivity index (χ1v) is 4.81. The number of allylic oxidation sites excluding steroid dienone is 1. The molecule has 0 saturated carbocycles. The zero-order chi connectivity index (χ0) is 10.4. The summed E-state index contributed by atoms with van der Waals surface area (Å²) in [6, 6.07) is 0. The Bertz CT molecular complexity index is 154. The maximum atomic E-state index is 8.70. The molecular weight excluding hydrogens is 175 g/mol. The molecule has 0 aliphatic heterocycles. The van der Waals surface area contributed by atoms with E-state index in [0.29, 0.717) is 5.41 Å². The van der Waals surface area contributed by atoms with Crippen LogP contribution in [0.1, 0.15) is 34.1 Å². The van der Waals surface area contributed by atoms with Crippen LogP contribution in [-0.2, 0) is 4.57 Å². The SMILES string of the molecule is C=C(C)CC(C)(C)C.O=[P+](O)O. The smallest absolute Gasteiger partial charge is 0.134 e. The van der Waals surface area contributed by atoms with Gasteiger partial charge in [-0.1, -0.05) is 26.3 Å². The molecule has 12 heavy (non-hydrogen) atoms. The van der Waals surface area contributed by atoms with E-state index in [-0.39, 0.29) is 0 Å². The molecule has 0 saturated heterocycles. The van der Waals surface area contributed by atoms with Gasteiger partial charge in [0.05, 0.1) is 0 Å². The highest BCUT2D eigenvalue weighted by Crippen LogP contribution is 2.22. The summed E-state index contributed by atoms with van der Waals surface area (Å²) < 4.78 is 8.70. The Balaban J connectivity index is 0. The van der Waals surface area contributed by atoms with Crippen LogP contribution in [0.5, 0.6) is 0 Å². The summed E-state index contributed by atoms with van der Waals surface area (Å²) in [6.45, 7) is 12.6. The fraction of sp³-hybridized carbons (Fsp3) is 0.750. The predicted octanol–water partition coefficient (Wildman–Crippen LogP) is 2.63. The van der Waals surface area contributed by atoms with Gasteiger partial charge in [0.15, 0.2) is 0 Å². The molecule has 0 unspecified atom stereocenters. The quantitative estimate of drug-likeness (QED) is 0.497. The lowest BCUT2D eigenvalue weighted by atomic mass is 9.89. The molecule has 0 radical (unpaired) electrons. The van der Waals surface area contributed by atoms with Gasteiger partial charge in [0, 0.05) is 4.57 Å². The van der Waals surface area contributed by atoms with Crippen LogP contribution in [0.25, 0.3) is 0 Å². The molecule has 0 aromatic rings. The van der Waals surface area contributed by atoms with E-state index in [0.717, 1.165) is 6.42 Å². The maximum absolute atomic E-state index is 8.70. The third-order valence-corrected chi connectivity index (χ3v) is 0.832. The minimum atomic E-state index is -2.87. The molecular formula is C8H18O3P+. The second kappa shape index (κ2) is 6.30. The minimum Gasteiger partial charge on any atom is -0.134 e. The molecule has 0 aromatic carbocycles. The summed E-state index contributed by atoms with van der Waals surface area (Å²) in [7, 11) is -2.87. The second-order valence-electron chi connectivity index (χ2n) is 3.95. The van der Waals surface area contributed by atoms with Gasteiger partial charge >= 0.3 is 8.25 Å². The molecule has 3 nitrogen and oxygen atoms in total. The van der Waals surface area contributed by atoms with Crippen LogP contribution in [0.3, 0.4) is 0 Å². The van der Waals surface area contributed by atoms with Crippen LogP contribution < -0.4 is 0 Å². The first kappa shape index (κ1) is 14.3. The summed E-state index contributed by atoms with van der Waals surface area (Å²) in [6.07, 6.45) is 1.13. The molecule has 2 N–H and O–H groups in total. The van der Waals surface area contributed by atoms with Gasteiger partial charge in [0.1, 0.15) is 0 Å². The van der Waals surface area contributed by atoms with E-state index in [9.17, 15) is 0 Å². The molecule has 4 heteroatoms. The molecule has 0 fully saturated rings. The topological polar surface area (TPSA) is 57.5 Å². The molecule has 72 valence electrons. The zero-order valence-electron chi connectivity index (χ0n) is 8.16. The number of rotatable bonds is 1. The van der Waals surface area contributed by atoms with Gasteiger partial charge in [-0.3, -0.25) is 0 Å². The Morgan fingerprint density at radius 3 is 1.67 bits per heavy atom. The largest absolute Gasteiger partial charge is 0.692 e. The summed E-state index contributed by atoms with van der Waals surface area (Å²) in [4.78, 5) is 14.2. The van der Waals surface area contributed by atoms with Crippen molar-refractivity contribution in [2.45, 2.75) is 34.1 Å². The van der Waals surface area contributed by atoms with Crippen molar-refractivity contribution in [2.24, 2.45) is 5.41 Å². The van der Waals surface area contributed by atoms with E-state index in [4.69, 9.17) is 14.4 Å². The molecule has 0 heterocycles. The molecule has 0 aliphatic rings. The number of hydrogen-bond donors (Lipinski definition) is 2. The summed E-state index contributed by atoms with van der Waals surface area (Å²) >= 11 is 0. The van der Waals surface area contributed by atoms with Crippen LogP contribution in [0.15, 0.2) is 12.2 Å². The highest BCUT2D eigenvalue weighted by atomic mass is 31.1. The van der Waals surface area contributed by atoms with Gasteiger partial charge in [-0.15, -0.1) is 16.4 Å². The van der Waals surface area contributed by atoms with Crippen molar-refractivity contribution in [1.82, 2.24) is 0 Å². The van der Waals surface area contributed by atoms with E-state index in [1.807, 2.05) is 0 Å². The lowest BCUT2D eigenvalue weighted by Crippen LogP contribution is -2.03. The van der Waals surface area contributed by atoms with Crippen molar-refractivity contribution in [1.29, 1.82) is 0 Å². The van der Waals surface area contributed by atoms with E-state index in [2.05, 4.69) is 34.3 Å². The summed E-state index contributed by atoms with van der Waals surface area (Å²) in [5, 5.41) is 0. The first-order chi connectivity index (χ1) is 5.15. The summed E-state index contributed by atoms with van der Waals surface area (Å²) in [5.41, 5.74) is 1.70. The van der Waals surface area contributed by atoms with E-state index in [1.54, 1.807) is 0 Å². The fourth-order valence-electron chi connectivity index (χ4n) is 0.905. The Kier molecular flexibility index (Phi) is 7.50. The molecule has 0 bridgehead atoms. The zero-order valence-corrected chi connectivity index (χ0v) is 9.06. The van der Waals surface area contributed by atoms with E-state index >= 15 is 0 Å². The van der Waals surface area contributed by atoms with Gasteiger partial charge < -0.3 is 0 Å². The van der Waals surface area contributed by atoms with Gasteiger partial charge in [0.25, 0.3) is 0 Å². The van der Waals surface area contributed by atoms with Crippen molar-refractivity contribution in [3.05, 3.63) is 12.2 Å². The molecule has 0 aliphatic carbocycles. The molecule has 0 atom stereocenters. The third-order valence-electron chi connectivity index (χ3n) is 0.832. The van der Waals surface area contributed by atoms with Crippen LogP contribution in [0.2, 0.25) is 0 Å². The average molecular weight is 193 g/mol. The number of hydrogen-bond acceptors (Lipinski definition) is 1. The normalized spacial score (nSPS) is 9.83. The van der Waals surface area contributed by atoms with Crippen LogP contribution >= 0.6 is 8.25 Å². The van der Waals surface area contributed by atoms with Gasteiger partial charge in [-0.2, -0.15) is 0 Å². The molecule has 0 aromatic heterocycles. The van der Waals surface area contributed by atoms with Crippen molar-refractivity contribution >= 4 is 8.25 Å². The highest BCUT2D eigenvalue weighted by Gasteiger charge is 2.08. The first-order valence-electron chi connectivity index (χ1n) is 3.64.